The smallest absolute Gasteiger partial charge is 0.329 e. The molecule has 0 aromatic heterocycles. The van der Waals surface area contributed by atoms with Crippen LogP contribution in [0.3, 0.4) is 0 Å². The Hall–Kier alpha value is -1.27. The molecule has 0 saturated heterocycles. The Kier molecular flexibility index (Phi) is 5.87. The summed E-state index contributed by atoms with van der Waals surface area (Å²) in [7, 11) is 0. The molecule has 1 saturated carbocycles. The minimum Gasteiger partial charge on any atom is -0.329 e. The van der Waals surface area contributed by atoms with E-state index >= 15 is 0 Å². The van der Waals surface area contributed by atoms with Crippen LogP contribution in [-0.2, 0) is 11.0 Å². The van der Waals surface area contributed by atoms with Gasteiger partial charge in [0.05, 0.1) is 11.0 Å². The van der Waals surface area contributed by atoms with Gasteiger partial charge < -0.3 is 11.1 Å². The Bertz CT molecular complexity index is 540. The molecular formula is C15H20ClF3N2O. The third-order valence-corrected chi connectivity index (χ3v) is 4.23. The number of benzene rings is 1. The molecule has 0 atom stereocenters. The highest BCUT2D eigenvalue weighted by atomic mass is 35.5. The predicted octanol–water partition coefficient (Wildman–Crippen LogP) is 3.89. The number of nitrogens with one attached hydrogen (secondary N) is 1. The van der Waals surface area contributed by atoms with Gasteiger partial charge in [-0.3, -0.25) is 4.79 Å². The molecule has 2 rings (SSSR count). The van der Waals surface area contributed by atoms with Crippen LogP contribution in [0, 0.1) is 12.3 Å². The third-order valence-electron chi connectivity index (χ3n) is 4.23. The van der Waals surface area contributed by atoms with Crippen molar-refractivity contribution in [2.75, 3.05) is 11.9 Å². The van der Waals surface area contributed by atoms with Gasteiger partial charge in [0.25, 0.3) is 0 Å². The van der Waals surface area contributed by atoms with Crippen molar-refractivity contribution in [3.63, 3.8) is 0 Å². The van der Waals surface area contributed by atoms with Crippen molar-refractivity contribution < 1.29 is 18.0 Å². The second kappa shape index (κ2) is 6.87. The van der Waals surface area contributed by atoms with E-state index in [2.05, 4.69) is 5.32 Å². The standard InChI is InChI=1S/C15H19F3N2O.ClH/c1-10-4-5-11(8-12(10)15(16,17)18)20-13(21)14(9-19)6-2-3-7-14;/h4-5,8H,2-3,6-7,9,19H2,1H3,(H,20,21);1H. The number of nitrogens with two attached hydrogens (primary N) is 1. The van der Waals surface area contributed by atoms with Gasteiger partial charge in [-0.1, -0.05) is 18.9 Å². The fourth-order valence-corrected chi connectivity index (χ4v) is 2.84. The van der Waals surface area contributed by atoms with Gasteiger partial charge in [0.2, 0.25) is 5.91 Å². The molecule has 0 bridgehead atoms. The van der Waals surface area contributed by atoms with Crippen LogP contribution in [0.1, 0.15) is 36.8 Å². The zero-order valence-corrected chi connectivity index (χ0v) is 13.1. The van der Waals surface area contributed by atoms with Crippen LogP contribution in [0.5, 0.6) is 0 Å². The molecule has 0 radical (unpaired) electrons. The van der Waals surface area contributed by atoms with Gasteiger partial charge in [-0.2, -0.15) is 13.2 Å². The lowest BCUT2D eigenvalue weighted by atomic mass is 9.85. The molecule has 1 amide bonds. The number of hydrogen-bond donors (Lipinski definition) is 2. The summed E-state index contributed by atoms with van der Waals surface area (Å²) >= 11 is 0. The number of rotatable bonds is 3. The topological polar surface area (TPSA) is 55.1 Å². The van der Waals surface area contributed by atoms with E-state index in [9.17, 15) is 18.0 Å². The van der Waals surface area contributed by atoms with Crippen LogP contribution in [0.2, 0.25) is 0 Å². The molecule has 3 N–H and O–H groups in total. The zero-order valence-electron chi connectivity index (χ0n) is 12.3. The van der Waals surface area contributed by atoms with Gasteiger partial charge in [-0.05, 0) is 37.5 Å². The van der Waals surface area contributed by atoms with Crippen molar-refractivity contribution >= 4 is 24.0 Å². The molecule has 0 spiro atoms. The van der Waals surface area contributed by atoms with E-state index in [1.54, 1.807) is 0 Å². The molecule has 0 aliphatic heterocycles. The maximum atomic E-state index is 12.9. The summed E-state index contributed by atoms with van der Waals surface area (Å²) in [6.45, 7) is 1.61. The van der Waals surface area contributed by atoms with Crippen molar-refractivity contribution in [3.05, 3.63) is 29.3 Å². The first-order chi connectivity index (χ1) is 9.78. The van der Waals surface area contributed by atoms with Crippen molar-refractivity contribution in [2.45, 2.75) is 38.8 Å². The summed E-state index contributed by atoms with van der Waals surface area (Å²) in [6, 6.07) is 3.83. The average Bonchev–Trinajstić information content (AvgIpc) is 2.89. The van der Waals surface area contributed by atoms with Crippen LogP contribution in [0.15, 0.2) is 18.2 Å². The average molecular weight is 337 g/mol. The van der Waals surface area contributed by atoms with E-state index in [0.29, 0.717) is 12.8 Å². The molecule has 22 heavy (non-hydrogen) atoms. The number of amides is 1. The number of aryl methyl sites for hydroxylation is 1. The second-order valence-electron chi connectivity index (χ2n) is 5.67. The summed E-state index contributed by atoms with van der Waals surface area (Å²) in [5.41, 5.74) is 4.64. The number of carbonyl (C=O) groups excluding carboxylic acids is 1. The van der Waals surface area contributed by atoms with Gasteiger partial charge >= 0.3 is 6.18 Å². The fourth-order valence-electron chi connectivity index (χ4n) is 2.84. The van der Waals surface area contributed by atoms with Crippen molar-refractivity contribution in [3.8, 4) is 0 Å². The molecule has 1 aromatic carbocycles. The predicted molar refractivity (Wildman–Crippen MR) is 82.0 cm³/mol. The molecule has 124 valence electrons. The second-order valence-corrected chi connectivity index (χ2v) is 5.67. The van der Waals surface area contributed by atoms with Crippen molar-refractivity contribution in [1.82, 2.24) is 0 Å². The molecule has 0 heterocycles. The van der Waals surface area contributed by atoms with E-state index in [1.165, 1.54) is 19.1 Å². The maximum absolute atomic E-state index is 12.9. The number of hydrogen-bond acceptors (Lipinski definition) is 2. The van der Waals surface area contributed by atoms with E-state index in [-0.39, 0.29) is 36.1 Å². The highest BCUT2D eigenvalue weighted by molar-refractivity contribution is 5.95. The number of alkyl halides is 3. The number of anilines is 1. The Balaban J connectivity index is 0.00000242. The van der Waals surface area contributed by atoms with Gasteiger partial charge in [-0.15, -0.1) is 12.4 Å². The molecule has 1 aromatic rings. The van der Waals surface area contributed by atoms with Crippen LogP contribution in [0.4, 0.5) is 18.9 Å². The summed E-state index contributed by atoms with van der Waals surface area (Å²) in [4.78, 5) is 12.3. The van der Waals surface area contributed by atoms with Crippen molar-refractivity contribution in [2.24, 2.45) is 11.1 Å². The molecule has 1 fully saturated rings. The molecular weight excluding hydrogens is 317 g/mol. The highest BCUT2D eigenvalue weighted by Gasteiger charge is 2.40. The zero-order chi connectivity index (χ0) is 15.7. The Morgan fingerprint density at radius 2 is 1.91 bits per heavy atom. The molecule has 0 unspecified atom stereocenters. The monoisotopic (exact) mass is 336 g/mol. The molecule has 7 heteroatoms. The molecule has 3 nitrogen and oxygen atoms in total. The van der Waals surface area contributed by atoms with Crippen LogP contribution in [-0.4, -0.2) is 12.5 Å². The van der Waals surface area contributed by atoms with Crippen LogP contribution < -0.4 is 11.1 Å². The lowest BCUT2D eigenvalue weighted by Gasteiger charge is -2.26. The minimum atomic E-state index is -4.43. The Morgan fingerprint density at radius 1 is 1.32 bits per heavy atom. The summed E-state index contributed by atoms with van der Waals surface area (Å²) < 4.78 is 38.6. The Morgan fingerprint density at radius 3 is 2.41 bits per heavy atom. The summed E-state index contributed by atoms with van der Waals surface area (Å²) in [5, 5.41) is 2.60. The fraction of sp³-hybridized carbons (Fsp3) is 0.533. The minimum absolute atomic E-state index is 0. The SMILES string of the molecule is Cc1ccc(NC(=O)C2(CN)CCCC2)cc1C(F)(F)F.Cl. The first-order valence-electron chi connectivity index (χ1n) is 6.98. The van der Waals surface area contributed by atoms with E-state index < -0.39 is 17.2 Å². The molecule has 1 aliphatic carbocycles. The van der Waals surface area contributed by atoms with Crippen LogP contribution >= 0.6 is 12.4 Å². The normalized spacial score (nSPS) is 17.0. The highest BCUT2D eigenvalue weighted by Crippen LogP contribution is 2.39. The van der Waals surface area contributed by atoms with Crippen molar-refractivity contribution in [1.29, 1.82) is 0 Å². The van der Waals surface area contributed by atoms with E-state index in [1.807, 2.05) is 0 Å². The summed E-state index contributed by atoms with van der Waals surface area (Å²) in [5.74, 6) is -0.278. The van der Waals surface area contributed by atoms with E-state index in [0.717, 1.165) is 18.9 Å². The van der Waals surface area contributed by atoms with Crippen LogP contribution in [0.25, 0.3) is 0 Å². The molecule has 1 aliphatic rings. The number of carbonyl (C=O) groups is 1. The van der Waals surface area contributed by atoms with Gasteiger partial charge in [0.1, 0.15) is 0 Å². The first kappa shape index (κ1) is 18.8. The quantitative estimate of drug-likeness (QED) is 0.879. The number of halogens is 4. The van der Waals surface area contributed by atoms with Gasteiger partial charge in [0.15, 0.2) is 0 Å². The maximum Gasteiger partial charge on any atom is 0.416 e. The largest absolute Gasteiger partial charge is 0.416 e. The lowest BCUT2D eigenvalue weighted by molar-refractivity contribution is -0.138. The summed E-state index contributed by atoms with van der Waals surface area (Å²) in [6.07, 6.45) is -1.21. The lowest BCUT2D eigenvalue weighted by Crippen LogP contribution is -2.40. The van der Waals surface area contributed by atoms with Gasteiger partial charge in [-0.25, -0.2) is 0 Å². The third kappa shape index (κ3) is 3.73. The van der Waals surface area contributed by atoms with Gasteiger partial charge in [0, 0.05) is 12.2 Å². The Labute approximate surface area is 133 Å². The van der Waals surface area contributed by atoms with E-state index in [4.69, 9.17) is 5.73 Å². The first-order valence-corrected chi connectivity index (χ1v) is 6.98.